The van der Waals surface area contributed by atoms with E-state index < -0.39 is 0 Å². The van der Waals surface area contributed by atoms with Gasteiger partial charge in [-0.05, 0) is 17.7 Å². The molecule has 0 spiro atoms. The lowest BCUT2D eigenvalue weighted by atomic mass is 10.1. The van der Waals surface area contributed by atoms with Gasteiger partial charge in [0, 0.05) is 19.6 Å². The molecule has 0 saturated heterocycles. The standard InChI is InChI=1S/C17H19N3O4/c1-23-9-8-20-16(21)7-6-14(19-20)17(22)18-11-13-10-12-4-2-3-5-15(12)24-13/h2-7,13H,8-11H2,1H3,(H,18,22)/t13-/m0/s1. The van der Waals surface area contributed by atoms with E-state index in [1.165, 1.54) is 16.8 Å². The van der Waals surface area contributed by atoms with E-state index in [9.17, 15) is 9.59 Å². The summed E-state index contributed by atoms with van der Waals surface area (Å²) in [7, 11) is 1.54. The summed E-state index contributed by atoms with van der Waals surface area (Å²) in [6.45, 7) is 1.04. The van der Waals surface area contributed by atoms with Gasteiger partial charge >= 0.3 is 0 Å². The van der Waals surface area contributed by atoms with Gasteiger partial charge in [-0.1, -0.05) is 18.2 Å². The Kier molecular flexibility index (Phi) is 4.90. The highest BCUT2D eigenvalue weighted by molar-refractivity contribution is 5.92. The van der Waals surface area contributed by atoms with E-state index in [-0.39, 0.29) is 23.3 Å². The SMILES string of the molecule is COCCn1nc(C(=O)NC[C@@H]2Cc3ccccc3O2)ccc1=O. The molecular weight excluding hydrogens is 310 g/mol. The van der Waals surface area contributed by atoms with E-state index in [1.807, 2.05) is 24.3 Å². The summed E-state index contributed by atoms with van der Waals surface area (Å²) in [6, 6.07) is 10.6. The Labute approximate surface area is 139 Å². The van der Waals surface area contributed by atoms with E-state index in [0.29, 0.717) is 19.7 Å². The molecule has 2 aromatic rings. The molecule has 0 bridgehead atoms. The maximum atomic E-state index is 12.2. The first-order chi connectivity index (χ1) is 11.7. The van der Waals surface area contributed by atoms with E-state index in [4.69, 9.17) is 9.47 Å². The quantitative estimate of drug-likeness (QED) is 0.840. The Morgan fingerprint density at radius 1 is 1.38 bits per heavy atom. The number of ether oxygens (including phenoxy) is 2. The van der Waals surface area contributed by atoms with Crippen LogP contribution in [0.25, 0.3) is 0 Å². The third-order valence-electron chi connectivity index (χ3n) is 3.81. The molecule has 0 radical (unpaired) electrons. The second-order valence-electron chi connectivity index (χ2n) is 5.53. The number of methoxy groups -OCH3 is 1. The first kappa shape index (κ1) is 16.2. The Hall–Kier alpha value is -2.67. The highest BCUT2D eigenvalue weighted by Gasteiger charge is 2.23. The lowest BCUT2D eigenvalue weighted by Gasteiger charge is -2.12. The van der Waals surface area contributed by atoms with Crippen LogP contribution in [0, 0.1) is 0 Å². The molecule has 1 aliphatic rings. The summed E-state index contributed by atoms with van der Waals surface area (Å²) < 4.78 is 11.9. The fourth-order valence-electron chi connectivity index (χ4n) is 2.57. The van der Waals surface area contributed by atoms with Crippen molar-refractivity contribution in [3.05, 3.63) is 58.0 Å². The van der Waals surface area contributed by atoms with Gasteiger partial charge in [-0.3, -0.25) is 9.59 Å². The third-order valence-corrected chi connectivity index (χ3v) is 3.81. The zero-order chi connectivity index (χ0) is 16.9. The van der Waals surface area contributed by atoms with Crippen molar-refractivity contribution in [3.8, 4) is 5.75 Å². The van der Waals surface area contributed by atoms with Crippen LogP contribution in [0.15, 0.2) is 41.2 Å². The predicted octanol–water partition coefficient (Wildman–Crippen LogP) is 0.623. The molecule has 1 N–H and O–H groups in total. The molecule has 1 aromatic carbocycles. The van der Waals surface area contributed by atoms with Gasteiger partial charge in [-0.15, -0.1) is 0 Å². The maximum Gasteiger partial charge on any atom is 0.271 e. The van der Waals surface area contributed by atoms with Gasteiger partial charge in [-0.2, -0.15) is 5.10 Å². The third kappa shape index (κ3) is 3.62. The molecule has 3 rings (SSSR count). The van der Waals surface area contributed by atoms with Crippen molar-refractivity contribution in [1.29, 1.82) is 0 Å². The molecule has 7 heteroatoms. The molecule has 0 aliphatic carbocycles. The molecule has 1 amide bonds. The summed E-state index contributed by atoms with van der Waals surface area (Å²) in [5, 5.41) is 6.87. The number of carbonyl (C=O) groups is 1. The van der Waals surface area contributed by atoms with E-state index in [0.717, 1.165) is 17.7 Å². The second kappa shape index (κ2) is 7.27. The smallest absolute Gasteiger partial charge is 0.271 e. The molecular formula is C17H19N3O4. The first-order valence-corrected chi connectivity index (χ1v) is 7.77. The van der Waals surface area contributed by atoms with E-state index >= 15 is 0 Å². The highest BCUT2D eigenvalue weighted by Crippen LogP contribution is 2.27. The first-order valence-electron chi connectivity index (χ1n) is 7.77. The van der Waals surface area contributed by atoms with Crippen molar-refractivity contribution in [1.82, 2.24) is 15.1 Å². The molecule has 126 valence electrons. The number of fused-ring (bicyclic) bond motifs is 1. The number of hydrogen-bond acceptors (Lipinski definition) is 5. The van der Waals surface area contributed by atoms with Crippen LogP contribution in [0.2, 0.25) is 0 Å². The molecule has 0 fully saturated rings. The van der Waals surface area contributed by atoms with Crippen molar-refractivity contribution in [2.45, 2.75) is 19.1 Å². The fraction of sp³-hybridized carbons (Fsp3) is 0.353. The van der Waals surface area contributed by atoms with Gasteiger partial charge in [0.25, 0.3) is 11.5 Å². The predicted molar refractivity (Wildman–Crippen MR) is 87.3 cm³/mol. The molecule has 1 aromatic heterocycles. The average Bonchev–Trinajstić information content (AvgIpc) is 3.02. The topological polar surface area (TPSA) is 82.5 Å². The molecule has 0 unspecified atom stereocenters. The van der Waals surface area contributed by atoms with Gasteiger partial charge in [0.05, 0.1) is 19.7 Å². The monoisotopic (exact) mass is 329 g/mol. The Bertz CT molecular complexity index is 762. The van der Waals surface area contributed by atoms with Crippen LogP contribution in [0.1, 0.15) is 16.1 Å². The van der Waals surface area contributed by atoms with E-state index in [2.05, 4.69) is 10.4 Å². The molecule has 24 heavy (non-hydrogen) atoms. The van der Waals surface area contributed by atoms with Gasteiger partial charge in [-0.25, -0.2) is 4.68 Å². The van der Waals surface area contributed by atoms with Gasteiger partial charge in [0.15, 0.2) is 0 Å². The Morgan fingerprint density at radius 3 is 3.00 bits per heavy atom. The summed E-state index contributed by atoms with van der Waals surface area (Å²) in [4.78, 5) is 23.9. The molecule has 7 nitrogen and oxygen atoms in total. The van der Waals surface area contributed by atoms with Crippen LogP contribution in [-0.2, 0) is 17.7 Å². The minimum absolute atomic E-state index is 0.0919. The van der Waals surface area contributed by atoms with E-state index in [1.54, 1.807) is 7.11 Å². The van der Waals surface area contributed by atoms with Crippen molar-refractivity contribution < 1.29 is 14.3 Å². The molecule has 1 aliphatic heterocycles. The van der Waals surface area contributed by atoms with Crippen LogP contribution in [0.3, 0.4) is 0 Å². The number of aromatic nitrogens is 2. The number of amides is 1. The van der Waals surface area contributed by atoms with Gasteiger partial charge in [0.1, 0.15) is 17.5 Å². The lowest BCUT2D eigenvalue weighted by Crippen LogP contribution is -2.36. The molecule has 2 heterocycles. The average molecular weight is 329 g/mol. The number of para-hydroxylation sites is 1. The zero-order valence-corrected chi connectivity index (χ0v) is 13.4. The summed E-state index contributed by atoms with van der Waals surface area (Å²) in [5.41, 5.74) is 1.07. The summed E-state index contributed by atoms with van der Waals surface area (Å²) >= 11 is 0. The minimum atomic E-state index is -0.333. The number of nitrogens with one attached hydrogen (secondary N) is 1. The van der Waals surface area contributed by atoms with Crippen molar-refractivity contribution in [2.24, 2.45) is 0 Å². The Morgan fingerprint density at radius 2 is 2.21 bits per heavy atom. The van der Waals surface area contributed by atoms with Crippen LogP contribution in [-0.4, -0.2) is 42.1 Å². The largest absolute Gasteiger partial charge is 0.488 e. The zero-order valence-electron chi connectivity index (χ0n) is 13.4. The summed E-state index contributed by atoms with van der Waals surface area (Å²) in [6.07, 6.45) is 0.669. The molecule has 1 atom stereocenters. The number of hydrogen-bond donors (Lipinski definition) is 1. The molecule has 0 saturated carbocycles. The Balaban J connectivity index is 1.59. The fourth-order valence-corrected chi connectivity index (χ4v) is 2.57. The highest BCUT2D eigenvalue weighted by atomic mass is 16.5. The van der Waals surface area contributed by atoms with Crippen molar-refractivity contribution in [2.75, 3.05) is 20.3 Å². The van der Waals surface area contributed by atoms with Crippen LogP contribution in [0.5, 0.6) is 5.75 Å². The van der Waals surface area contributed by atoms with Crippen molar-refractivity contribution >= 4 is 5.91 Å². The van der Waals surface area contributed by atoms with Crippen molar-refractivity contribution in [3.63, 3.8) is 0 Å². The number of benzene rings is 1. The number of nitrogens with zero attached hydrogens (tertiary/aromatic N) is 2. The second-order valence-corrected chi connectivity index (χ2v) is 5.53. The lowest BCUT2D eigenvalue weighted by molar-refractivity contribution is 0.0925. The van der Waals surface area contributed by atoms with Crippen LogP contribution >= 0.6 is 0 Å². The van der Waals surface area contributed by atoms with Gasteiger partial charge < -0.3 is 14.8 Å². The van der Waals surface area contributed by atoms with Gasteiger partial charge in [0.2, 0.25) is 0 Å². The number of rotatable bonds is 6. The summed E-state index contributed by atoms with van der Waals surface area (Å²) in [5.74, 6) is 0.531. The minimum Gasteiger partial charge on any atom is -0.488 e. The normalized spacial score (nSPS) is 15.6. The van der Waals surface area contributed by atoms with Crippen LogP contribution in [0.4, 0.5) is 0 Å². The number of carbonyl (C=O) groups excluding carboxylic acids is 1. The maximum absolute atomic E-state index is 12.2. The van der Waals surface area contributed by atoms with Crippen LogP contribution < -0.4 is 15.6 Å².